The first-order valence-corrected chi connectivity index (χ1v) is 4.22. The molecule has 11 heavy (non-hydrogen) atoms. The average molecular weight is 158 g/mol. The Labute approximate surface area is 68.6 Å². The number of aliphatic hydroxyl groups is 1. The first-order valence-electron chi connectivity index (χ1n) is 4.22. The molecule has 0 spiro atoms. The summed E-state index contributed by atoms with van der Waals surface area (Å²) >= 11 is 0. The molecule has 2 unspecified atom stereocenters. The molecule has 0 aromatic carbocycles. The molecule has 1 fully saturated rings. The Kier molecular flexibility index (Phi) is 2.01. The normalized spacial score (nSPS) is 39.5. The smallest absolute Gasteiger partial charge is 0.0975 e. The van der Waals surface area contributed by atoms with Crippen molar-refractivity contribution in [3.63, 3.8) is 0 Å². The maximum atomic E-state index is 10.2. The minimum Gasteiger partial charge on any atom is -0.387 e. The van der Waals surface area contributed by atoms with Crippen LogP contribution in [-0.4, -0.2) is 23.4 Å². The van der Waals surface area contributed by atoms with Gasteiger partial charge in [0, 0.05) is 13.0 Å². The van der Waals surface area contributed by atoms with Crippen molar-refractivity contribution in [2.75, 3.05) is 6.61 Å². The molecule has 1 saturated heterocycles. The predicted molar refractivity (Wildman–Crippen MR) is 44.4 cm³/mol. The molecule has 66 valence electrons. The average Bonchev–Trinajstić information content (AvgIpc) is 2.12. The van der Waals surface area contributed by atoms with E-state index in [9.17, 15) is 5.11 Å². The van der Waals surface area contributed by atoms with Gasteiger partial charge in [-0.05, 0) is 12.3 Å². The van der Waals surface area contributed by atoms with Crippen molar-refractivity contribution in [2.45, 2.75) is 45.8 Å². The van der Waals surface area contributed by atoms with Crippen molar-refractivity contribution in [1.82, 2.24) is 0 Å². The lowest BCUT2D eigenvalue weighted by Gasteiger charge is -2.39. The predicted octanol–water partition coefficient (Wildman–Crippen LogP) is 1.57. The summed E-state index contributed by atoms with van der Waals surface area (Å²) in [5.74, 6) is 0. The molecule has 1 N–H and O–H groups in total. The summed E-state index contributed by atoms with van der Waals surface area (Å²) in [5.41, 5.74) is -0.712. The molecule has 0 aromatic heterocycles. The molecule has 2 atom stereocenters. The maximum absolute atomic E-state index is 10.2. The zero-order valence-corrected chi connectivity index (χ0v) is 7.85. The lowest BCUT2D eigenvalue weighted by Crippen LogP contribution is -2.48. The second kappa shape index (κ2) is 2.46. The third-order valence-electron chi connectivity index (χ3n) is 2.82. The molecular formula is C9H18O2. The van der Waals surface area contributed by atoms with Crippen molar-refractivity contribution in [2.24, 2.45) is 5.41 Å². The van der Waals surface area contributed by atoms with Crippen LogP contribution in [0.4, 0.5) is 0 Å². The van der Waals surface area contributed by atoms with Gasteiger partial charge in [0.15, 0.2) is 0 Å². The van der Waals surface area contributed by atoms with Gasteiger partial charge in [0.25, 0.3) is 0 Å². The van der Waals surface area contributed by atoms with Crippen LogP contribution in [0.1, 0.15) is 34.1 Å². The van der Waals surface area contributed by atoms with Crippen molar-refractivity contribution in [3.05, 3.63) is 0 Å². The highest BCUT2D eigenvalue weighted by Crippen LogP contribution is 2.40. The summed E-state index contributed by atoms with van der Waals surface area (Å²) < 4.78 is 5.34. The van der Waals surface area contributed by atoms with Gasteiger partial charge in [-0.3, -0.25) is 0 Å². The van der Waals surface area contributed by atoms with Gasteiger partial charge in [-0.25, -0.2) is 0 Å². The molecule has 1 heterocycles. The summed E-state index contributed by atoms with van der Waals surface area (Å²) in [4.78, 5) is 0. The first kappa shape index (κ1) is 9.01. The van der Waals surface area contributed by atoms with E-state index in [0.29, 0.717) is 6.61 Å². The standard InChI is InChI=1S/C9H18O2/c1-7-9(10,5-6-11-7)8(2,3)4/h7,10H,5-6H2,1-4H3. The maximum Gasteiger partial charge on any atom is 0.0975 e. The third kappa shape index (κ3) is 1.30. The minimum absolute atomic E-state index is 0.0255. The van der Waals surface area contributed by atoms with Crippen molar-refractivity contribution in [3.8, 4) is 0 Å². The fraction of sp³-hybridized carbons (Fsp3) is 1.00. The second-order valence-electron chi connectivity index (χ2n) is 4.44. The van der Waals surface area contributed by atoms with Crippen molar-refractivity contribution >= 4 is 0 Å². The van der Waals surface area contributed by atoms with Crippen LogP contribution >= 0.6 is 0 Å². The summed E-state index contributed by atoms with van der Waals surface area (Å²) in [6.07, 6.45) is 0.736. The molecule has 2 heteroatoms. The van der Waals surface area contributed by atoms with Crippen LogP contribution in [-0.2, 0) is 4.74 Å². The molecule has 1 rings (SSSR count). The Morgan fingerprint density at radius 1 is 1.45 bits per heavy atom. The second-order valence-corrected chi connectivity index (χ2v) is 4.44. The van der Waals surface area contributed by atoms with E-state index in [1.54, 1.807) is 0 Å². The van der Waals surface area contributed by atoms with Crippen molar-refractivity contribution < 1.29 is 9.84 Å². The Morgan fingerprint density at radius 3 is 2.18 bits per heavy atom. The molecule has 0 radical (unpaired) electrons. The van der Waals surface area contributed by atoms with E-state index in [0.717, 1.165) is 6.42 Å². The lowest BCUT2D eigenvalue weighted by atomic mass is 9.73. The monoisotopic (exact) mass is 158 g/mol. The summed E-state index contributed by atoms with van der Waals surface area (Å²) in [5, 5.41) is 10.2. The third-order valence-corrected chi connectivity index (χ3v) is 2.82. The van der Waals surface area contributed by atoms with E-state index >= 15 is 0 Å². The van der Waals surface area contributed by atoms with Crippen LogP contribution in [0.25, 0.3) is 0 Å². The van der Waals surface area contributed by atoms with E-state index in [2.05, 4.69) is 20.8 Å². The fourth-order valence-electron chi connectivity index (χ4n) is 1.72. The summed E-state index contributed by atoms with van der Waals surface area (Å²) in [6, 6.07) is 0. The molecule has 0 saturated carbocycles. The number of hydrogen-bond donors (Lipinski definition) is 1. The van der Waals surface area contributed by atoms with Gasteiger partial charge in [-0.2, -0.15) is 0 Å². The Balaban J connectivity index is 2.81. The highest BCUT2D eigenvalue weighted by atomic mass is 16.5. The van der Waals surface area contributed by atoms with Gasteiger partial charge in [-0.1, -0.05) is 20.8 Å². The number of hydrogen-bond acceptors (Lipinski definition) is 2. The molecule has 1 aliphatic heterocycles. The molecule has 0 aromatic rings. The van der Waals surface area contributed by atoms with E-state index in [1.165, 1.54) is 0 Å². The minimum atomic E-state index is -0.632. The molecule has 2 nitrogen and oxygen atoms in total. The Hall–Kier alpha value is -0.0800. The highest BCUT2D eigenvalue weighted by Gasteiger charge is 2.48. The van der Waals surface area contributed by atoms with Crippen LogP contribution in [0.15, 0.2) is 0 Å². The highest BCUT2D eigenvalue weighted by molar-refractivity contribution is 4.98. The molecule has 0 amide bonds. The summed E-state index contributed by atoms with van der Waals surface area (Å²) in [6.45, 7) is 8.79. The first-order chi connectivity index (χ1) is 4.88. The summed E-state index contributed by atoms with van der Waals surface area (Å²) in [7, 11) is 0. The van der Waals surface area contributed by atoms with E-state index < -0.39 is 5.60 Å². The van der Waals surface area contributed by atoms with Gasteiger partial charge in [0.2, 0.25) is 0 Å². The van der Waals surface area contributed by atoms with E-state index in [1.807, 2.05) is 6.92 Å². The SMILES string of the molecule is CC1OCCC1(O)C(C)(C)C. The molecule has 0 bridgehead atoms. The molecule has 0 aliphatic carbocycles. The Morgan fingerprint density at radius 2 is 2.00 bits per heavy atom. The number of rotatable bonds is 0. The van der Waals surface area contributed by atoms with Gasteiger partial charge in [0.1, 0.15) is 0 Å². The van der Waals surface area contributed by atoms with Gasteiger partial charge >= 0.3 is 0 Å². The number of ether oxygens (including phenoxy) is 1. The van der Waals surface area contributed by atoms with Gasteiger partial charge < -0.3 is 9.84 Å². The lowest BCUT2D eigenvalue weighted by molar-refractivity contribution is -0.0992. The van der Waals surface area contributed by atoms with Crippen LogP contribution in [0.2, 0.25) is 0 Å². The topological polar surface area (TPSA) is 29.5 Å². The molecular weight excluding hydrogens is 140 g/mol. The van der Waals surface area contributed by atoms with E-state index in [4.69, 9.17) is 4.74 Å². The van der Waals surface area contributed by atoms with E-state index in [-0.39, 0.29) is 11.5 Å². The van der Waals surface area contributed by atoms with Crippen LogP contribution in [0.3, 0.4) is 0 Å². The van der Waals surface area contributed by atoms with Crippen LogP contribution in [0, 0.1) is 5.41 Å². The zero-order valence-electron chi connectivity index (χ0n) is 7.85. The molecule has 1 aliphatic rings. The quantitative estimate of drug-likeness (QED) is 0.580. The van der Waals surface area contributed by atoms with Crippen LogP contribution < -0.4 is 0 Å². The Bertz CT molecular complexity index is 148. The zero-order chi connectivity index (χ0) is 8.70. The van der Waals surface area contributed by atoms with Crippen LogP contribution in [0.5, 0.6) is 0 Å². The fourth-order valence-corrected chi connectivity index (χ4v) is 1.72. The van der Waals surface area contributed by atoms with Gasteiger partial charge in [0.05, 0.1) is 11.7 Å². The van der Waals surface area contributed by atoms with Crippen molar-refractivity contribution in [1.29, 1.82) is 0 Å². The largest absolute Gasteiger partial charge is 0.387 e. The van der Waals surface area contributed by atoms with Gasteiger partial charge in [-0.15, -0.1) is 0 Å².